The zero-order valence-corrected chi connectivity index (χ0v) is 12.6. The Morgan fingerprint density at radius 3 is 2.68 bits per heavy atom. The van der Waals surface area contributed by atoms with Crippen molar-refractivity contribution < 1.29 is 13.9 Å². The summed E-state index contributed by atoms with van der Waals surface area (Å²) in [5.74, 6) is -0.489. The Balaban J connectivity index is 2.25. The molecule has 116 valence electrons. The molecule has 1 amide bonds. The number of nitrogens with one attached hydrogen (secondary N) is 2. The third-order valence-corrected chi connectivity index (χ3v) is 3.31. The molecule has 0 fully saturated rings. The molecule has 0 aliphatic carbocycles. The van der Waals surface area contributed by atoms with Crippen LogP contribution in [0.4, 0.5) is 4.39 Å². The molecule has 0 radical (unpaired) electrons. The lowest BCUT2D eigenvalue weighted by atomic mass is 10.1. The molecule has 0 aliphatic heterocycles. The second kappa shape index (κ2) is 6.43. The molecule has 0 spiro atoms. The Morgan fingerprint density at radius 1 is 1.32 bits per heavy atom. The summed E-state index contributed by atoms with van der Waals surface area (Å²) in [5, 5.41) is 2.67. The average Bonchev–Trinajstić information content (AvgIpc) is 2.46. The molecule has 1 aromatic heterocycles. The highest BCUT2D eigenvalue weighted by Gasteiger charge is 2.17. The van der Waals surface area contributed by atoms with Crippen molar-refractivity contribution in [2.45, 2.75) is 19.9 Å². The maximum atomic E-state index is 13.4. The molecule has 0 aliphatic rings. The number of ether oxygens (including phenoxy) is 1. The predicted molar refractivity (Wildman–Crippen MR) is 80.6 cm³/mol. The number of hydrogen-bond donors (Lipinski definition) is 2. The van der Waals surface area contributed by atoms with Crippen LogP contribution in [-0.4, -0.2) is 18.0 Å². The highest BCUT2D eigenvalue weighted by atomic mass is 19.1. The average molecular weight is 304 g/mol. The van der Waals surface area contributed by atoms with Gasteiger partial charge in [0.15, 0.2) is 0 Å². The number of carbonyl (C=O) groups excluding carboxylic acids is 1. The van der Waals surface area contributed by atoms with Gasteiger partial charge >= 0.3 is 0 Å². The number of H-pyrrole nitrogens is 1. The van der Waals surface area contributed by atoms with Gasteiger partial charge in [0.25, 0.3) is 11.5 Å². The van der Waals surface area contributed by atoms with E-state index in [1.807, 2.05) is 0 Å². The normalized spacial score (nSPS) is 11.8. The van der Waals surface area contributed by atoms with Crippen LogP contribution in [0.5, 0.6) is 5.75 Å². The SMILES string of the molecule is COc1ccc(F)cc1C(C)NC(=O)c1ccc(C)[nH]c1=O. The zero-order valence-electron chi connectivity index (χ0n) is 12.6. The Kier molecular flexibility index (Phi) is 4.60. The summed E-state index contributed by atoms with van der Waals surface area (Å²) >= 11 is 0. The number of carbonyl (C=O) groups is 1. The van der Waals surface area contributed by atoms with Gasteiger partial charge in [-0.1, -0.05) is 0 Å². The third-order valence-electron chi connectivity index (χ3n) is 3.31. The molecular weight excluding hydrogens is 287 g/mol. The van der Waals surface area contributed by atoms with Crippen LogP contribution in [-0.2, 0) is 0 Å². The molecule has 22 heavy (non-hydrogen) atoms. The number of hydrogen-bond acceptors (Lipinski definition) is 3. The van der Waals surface area contributed by atoms with Crippen molar-refractivity contribution in [2.75, 3.05) is 7.11 Å². The van der Waals surface area contributed by atoms with Crippen LogP contribution in [0.25, 0.3) is 0 Å². The minimum atomic E-state index is -0.528. The van der Waals surface area contributed by atoms with Gasteiger partial charge in [0, 0.05) is 11.3 Å². The topological polar surface area (TPSA) is 71.2 Å². The summed E-state index contributed by atoms with van der Waals surface area (Å²) in [6.45, 7) is 3.42. The first-order chi connectivity index (χ1) is 10.4. The van der Waals surface area contributed by atoms with Crippen LogP contribution >= 0.6 is 0 Å². The van der Waals surface area contributed by atoms with E-state index in [0.29, 0.717) is 17.0 Å². The Bertz CT molecular complexity index is 755. The van der Waals surface area contributed by atoms with E-state index in [1.54, 1.807) is 19.9 Å². The number of amides is 1. The summed E-state index contributed by atoms with van der Waals surface area (Å²) in [6.07, 6.45) is 0. The molecule has 2 aromatic rings. The number of halogens is 1. The highest BCUT2D eigenvalue weighted by Crippen LogP contribution is 2.25. The molecule has 1 aromatic carbocycles. The van der Waals surface area contributed by atoms with Crippen molar-refractivity contribution in [2.24, 2.45) is 0 Å². The predicted octanol–water partition coefficient (Wildman–Crippen LogP) is 2.32. The summed E-state index contributed by atoms with van der Waals surface area (Å²) in [4.78, 5) is 26.5. The van der Waals surface area contributed by atoms with Crippen LogP contribution in [0, 0.1) is 12.7 Å². The largest absolute Gasteiger partial charge is 0.496 e. The van der Waals surface area contributed by atoms with E-state index in [0.717, 1.165) is 0 Å². The van der Waals surface area contributed by atoms with Crippen LogP contribution < -0.4 is 15.6 Å². The number of aromatic nitrogens is 1. The van der Waals surface area contributed by atoms with Gasteiger partial charge in [0.2, 0.25) is 0 Å². The fourth-order valence-corrected chi connectivity index (χ4v) is 2.15. The van der Waals surface area contributed by atoms with Gasteiger partial charge in [-0.25, -0.2) is 4.39 Å². The van der Waals surface area contributed by atoms with Gasteiger partial charge < -0.3 is 15.0 Å². The lowest BCUT2D eigenvalue weighted by Crippen LogP contribution is -2.31. The molecule has 2 rings (SSSR count). The molecule has 6 heteroatoms. The number of benzene rings is 1. The first-order valence-electron chi connectivity index (χ1n) is 6.76. The second-order valence-electron chi connectivity index (χ2n) is 4.97. The third kappa shape index (κ3) is 3.33. The lowest BCUT2D eigenvalue weighted by Gasteiger charge is -2.17. The van der Waals surface area contributed by atoms with Gasteiger partial charge in [-0.15, -0.1) is 0 Å². The van der Waals surface area contributed by atoms with E-state index in [1.165, 1.54) is 31.4 Å². The molecule has 1 atom stereocenters. The number of aromatic amines is 1. The van der Waals surface area contributed by atoms with E-state index >= 15 is 0 Å². The first kappa shape index (κ1) is 15.8. The molecule has 0 saturated heterocycles. The number of rotatable bonds is 4. The van der Waals surface area contributed by atoms with Crippen LogP contribution in [0.3, 0.4) is 0 Å². The zero-order chi connectivity index (χ0) is 16.3. The van der Waals surface area contributed by atoms with Crippen molar-refractivity contribution in [3.63, 3.8) is 0 Å². The van der Waals surface area contributed by atoms with Gasteiger partial charge in [-0.2, -0.15) is 0 Å². The molecule has 0 bridgehead atoms. The summed E-state index contributed by atoms with van der Waals surface area (Å²) in [7, 11) is 1.47. The quantitative estimate of drug-likeness (QED) is 0.910. The highest BCUT2D eigenvalue weighted by molar-refractivity contribution is 5.94. The van der Waals surface area contributed by atoms with Crippen LogP contribution in [0.2, 0.25) is 0 Å². The fourth-order valence-electron chi connectivity index (χ4n) is 2.15. The molecule has 1 unspecified atom stereocenters. The molecule has 5 nitrogen and oxygen atoms in total. The Morgan fingerprint density at radius 2 is 2.05 bits per heavy atom. The van der Waals surface area contributed by atoms with Crippen molar-refractivity contribution in [3.8, 4) is 5.75 Å². The molecular formula is C16H17FN2O3. The molecule has 2 N–H and O–H groups in total. The van der Waals surface area contributed by atoms with Gasteiger partial charge in [0.05, 0.1) is 13.2 Å². The van der Waals surface area contributed by atoms with E-state index in [4.69, 9.17) is 4.74 Å². The van der Waals surface area contributed by atoms with E-state index < -0.39 is 23.3 Å². The van der Waals surface area contributed by atoms with E-state index in [2.05, 4.69) is 10.3 Å². The van der Waals surface area contributed by atoms with Crippen molar-refractivity contribution >= 4 is 5.91 Å². The second-order valence-corrected chi connectivity index (χ2v) is 4.97. The lowest BCUT2D eigenvalue weighted by molar-refractivity contribution is 0.0938. The van der Waals surface area contributed by atoms with Crippen LogP contribution in [0.1, 0.15) is 34.6 Å². The smallest absolute Gasteiger partial charge is 0.260 e. The van der Waals surface area contributed by atoms with Gasteiger partial charge in [-0.3, -0.25) is 9.59 Å². The maximum absolute atomic E-state index is 13.4. The summed E-state index contributed by atoms with van der Waals surface area (Å²) in [5.41, 5.74) is 0.713. The monoisotopic (exact) mass is 304 g/mol. The number of aryl methyl sites for hydroxylation is 1. The van der Waals surface area contributed by atoms with Crippen LogP contribution in [0.15, 0.2) is 35.1 Å². The Hall–Kier alpha value is -2.63. The summed E-state index contributed by atoms with van der Waals surface area (Å²) < 4.78 is 18.6. The van der Waals surface area contributed by atoms with Crippen molar-refractivity contribution in [3.05, 3.63) is 63.3 Å². The van der Waals surface area contributed by atoms with Gasteiger partial charge in [0.1, 0.15) is 17.1 Å². The number of pyridine rings is 1. The van der Waals surface area contributed by atoms with Gasteiger partial charge in [-0.05, 0) is 44.2 Å². The molecule has 0 saturated carbocycles. The van der Waals surface area contributed by atoms with E-state index in [9.17, 15) is 14.0 Å². The first-order valence-corrected chi connectivity index (χ1v) is 6.76. The van der Waals surface area contributed by atoms with Crippen molar-refractivity contribution in [1.82, 2.24) is 10.3 Å². The molecule has 1 heterocycles. The fraction of sp³-hybridized carbons (Fsp3) is 0.250. The number of methoxy groups -OCH3 is 1. The minimum Gasteiger partial charge on any atom is -0.496 e. The van der Waals surface area contributed by atoms with E-state index in [-0.39, 0.29) is 5.56 Å². The maximum Gasteiger partial charge on any atom is 0.260 e. The summed E-state index contributed by atoms with van der Waals surface area (Å²) in [6, 6.07) is 6.65. The standard InChI is InChI=1S/C16H17FN2O3/c1-9-4-6-12(15(20)18-9)16(21)19-10(2)13-8-11(17)5-7-14(13)22-3/h4-8,10H,1-3H3,(H,18,20)(H,19,21). The minimum absolute atomic E-state index is 0.00724. The van der Waals surface area contributed by atoms with Crippen molar-refractivity contribution in [1.29, 1.82) is 0 Å². The Labute approximate surface area is 127 Å².